The van der Waals surface area contributed by atoms with Gasteiger partial charge in [-0.05, 0) is 47.9 Å². The second-order valence-corrected chi connectivity index (χ2v) is 18.3. The molecule has 0 radical (unpaired) electrons. The number of para-hydroxylation sites is 1. The van der Waals surface area contributed by atoms with Crippen LogP contribution in [0.2, 0.25) is 0 Å². The van der Waals surface area contributed by atoms with Crippen LogP contribution >= 0.6 is 0 Å². The standard InChI is InChI=1S/C50H61N13O8/c1-3-28(2)44-50(71)62-26-33(63-27-40(60-61-63)31-18-16-30(17-19-31)29-11-5-4-6-12-29)22-41(62)49(70)58-38(21-32-25-55-36-14-8-7-13-34(32)36)47(68)56-37(45(53)66)15-9-10-20-54-43(65)23-35(51)46(67)57-39(24-42(52)64)48(69)59-44/h4-8,11-14,16-19,25,27-28,33,35,37-39,41,44,55H,3,9-10,15,20-24,26,51H2,1-2H3,(H2,52,64)(H2,53,66)(H,54,65)(H,56,68)(H,57,67)(H,58,70)(H,59,69)/t28-,33?,35-,37?,38-,39?,41-,44-/m0/s1. The predicted molar refractivity (Wildman–Crippen MR) is 262 cm³/mol. The van der Waals surface area contributed by atoms with Crippen LogP contribution in [0.5, 0.6) is 0 Å². The molecule has 2 aliphatic rings. The zero-order chi connectivity index (χ0) is 50.8. The van der Waals surface area contributed by atoms with Gasteiger partial charge in [0.05, 0.1) is 31.1 Å². The normalized spacial score (nSPS) is 23.9. The number of nitrogens with one attached hydrogen (secondary N) is 6. The second kappa shape index (κ2) is 23.1. The first-order valence-corrected chi connectivity index (χ1v) is 23.8. The molecule has 2 saturated heterocycles. The molecule has 12 N–H and O–H groups in total. The van der Waals surface area contributed by atoms with E-state index in [4.69, 9.17) is 17.2 Å². The first-order chi connectivity index (χ1) is 34.1. The number of aromatic nitrogens is 4. The average molecular weight is 972 g/mol. The van der Waals surface area contributed by atoms with Crippen molar-refractivity contribution in [3.63, 3.8) is 0 Å². The van der Waals surface area contributed by atoms with Crippen LogP contribution in [0.3, 0.4) is 0 Å². The minimum Gasteiger partial charge on any atom is -0.370 e. The summed E-state index contributed by atoms with van der Waals surface area (Å²) in [6.07, 6.45) is 3.42. The number of primary amides is 2. The number of amides is 8. The van der Waals surface area contributed by atoms with E-state index in [1.54, 1.807) is 30.9 Å². The van der Waals surface area contributed by atoms with Gasteiger partial charge in [-0.1, -0.05) is 98.3 Å². The van der Waals surface area contributed by atoms with Crippen molar-refractivity contribution in [3.8, 4) is 22.4 Å². The molecule has 8 atom stereocenters. The number of rotatable bonds is 10. The molecule has 5 aromatic rings. The van der Waals surface area contributed by atoms with Crippen molar-refractivity contribution in [1.82, 2.24) is 51.5 Å². The van der Waals surface area contributed by atoms with Crippen molar-refractivity contribution in [2.24, 2.45) is 23.1 Å². The SMILES string of the molecule is CC[C@H](C)[C@@H]1NC(=O)C(CC(N)=O)NC(=O)[C@@H](N)CC(=O)NCCCCC(C(N)=O)NC(=O)[C@H](Cc2c[nH]c3ccccc23)NC(=O)[C@@H]2CC(n3cc(-c4ccc(-c5ccccc5)cc4)nn3)CN2C1=O. The van der Waals surface area contributed by atoms with Gasteiger partial charge >= 0.3 is 0 Å². The maximum absolute atomic E-state index is 15.1. The van der Waals surface area contributed by atoms with Gasteiger partial charge in [0.2, 0.25) is 47.3 Å². The van der Waals surface area contributed by atoms with Crippen molar-refractivity contribution in [1.29, 1.82) is 0 Å². The summed E-state index contributed by atoms with van der Waals surface area (Å²) in [6, 6.07) is 16.4. The molecular formula is C50H61N13O8. The van der Waals surface area contributed by atoms with Crippen LogP contribution in [0.25, 0.3) is 33.3 Å². The van der Waals surface area contributed by atoms with Crippen LogP contribution in [0, 0.1) is 5.92 Å². The quantitative estimate of drug-likeness (QED) is 0.0945. The molecule has 2 aromatic heterocycles. The molecular weight excluding hydrogens is 911 g/mol. The zero-order valence-corrected chi connectivity index (χ0v) is 39.6. The van der Waals surface area contributed by atoms with Crippen LogP contribution in [0.4, 0.5) is 0 Å². The highest BCUT2D eigenvalue weighted by Crippen LogP contribution is 2.31. The zero-order valence-electron chi connectivity index (χ0n) is 39.6. The van der Waals surface area contributed by atoms with E-state index in [2.05, 4.69) is 41.9 Å². The summed E-state index contributed by atoms with van der Waals surface area (Å²) in [7, 11) is 0. The maximum Gasteiger partial charge on any atom is 0.246 e. The van der Waals surface area contributed by atoms with Gasteiger partial charge in [-0.25, -0.2) is 4.68 Å². The molecule has 4 heterocycles. The number of carbonyl (C=O) groups is 8. The van der Waals surface area contributed by atoms with E-state index in [-0.39, 0.29) is 32.4 Å². The number of hydrogen-bond donors (Lipinski definition) is 9. The highest BCUT2D eigenvalue weighted by atomic mass is 16.2. The lowest BCUT2D eigenvalue weighted by Crippen LogP contribution is -2.60. The third kappa shape index (κ3) is 12.6. The number of carbonyl (C=O) groups excluding carboxylic acids is 8. The Bertz CT molecular complexity index is 2740. The molecule has 3 aromatic carbocycles. The number of aromatic amines is 1. The Balaban J connectivity index is 1.24. The Morgan fingerprint density at radius 3 is 2.18 bits per heavy atom. The highest BCUT2D eigenvalue weighted by Gasteiger charge is 2.45. The molecule has 21 heteroatoms. The summed E-state index contributed by atoms with van der Waals surface area (Å²) in [5.74, 6) is -6.84. The monoisotopic (exact) mass is 971 g/mol. The van der Waals surface area contributed by atoms with E-state index in [0.717, 1.165) is 27.6 Å². The molecule has 71 heavy (non-hydrogen) atoms. The fourth-order valence-electron chi connectivity index (χ4n) is 8.98. The molecule has 7 rings (SSSR count). The Hall–Kier alpha value is -7.94. The predicted octanol–water partition coefficient (Wildman–Crippen LogP) is 0.842. The van der Waals surface area contributed by atoms with Crippen molar-refractivity contribution < 1.29 is 38.4 Å². The van der Waals surface area contributed by atoms with Crippen molar-refractivity contribution >= 4 is 58.2 Å². The summed E-state index contributed by atoms with van der Waals surface area (Å²) in [4.78, 5) is 114. The number of benzene rings is 3. The summed E-state index contributed by atoms with van der Waals surface area (Å²) in [5, 5.41) is 23.1. The van der Waals surface area contributed by atoms with Crippen LogP contribution in [-0.2, 0) is 44.8 Å². The Morgan fingerprint density at radius 2 is 1.46 bits per heavy atom. The average Bonchev–Trinajstić information content (AvgIpc) is 4.14. The smallest absolute Gasteiger partial charge is 0.246 e. The third-order valence-corrected chi connectivity index (χ3v) is 13.2. The van der Waals surface area contributed by atoms with Crippen LogP contribution < -0.4 is 43.8 Å². The Morgan fingerprint density at radius 1 is 0.789 bits per heavy atom. The van der Waals surface area contributed by atoms with E-state index >= 15 is 4.79 Å². The molecule has 2 aliphatic heterocycles. The minimum absolute atomic E-state index is 0.00479. The van der Waals surface area contributed by atoms with Crippen LogP contribution in [0.1, 0.15) is 70.4 Å². The Labute approximate surface area is 409 Å². The number of nitrogens with two attached hydrogens (primary N) is 3. The Kier molecular flexibility index (Phi) is 16.6. The number of H-pyrrole nitrogens is 1. The van der Waals surface area contributed by atoms with E-state index in [1.165, 1.54) is 4.90 Å². The molecule has 0 spiro atoms. The van der Waals surface area contributed by atoms with Gasteiger partial charge < -0.3 is 53.7 Å². The van der Waals surface area contributed by atoms with E-state index in [0.29, 0.717) is 30.5 Å². The molecule has 2 fully saturated rings. The minimum atomic E-state index is -1.59. The van der Waals surface area contributed by atoms with E-state index < -0.39 is 108 Å². The lowest BCUT2D eigenvalue weighted by atomic mass is 9.96. The van der Waals surface area contributed by atoms with Gasteiger partial charge in [-0.2, -0.15) is 0 Å². The van der Waals surface area contributed by atoms with Gasteiger partial charge in [-0.3, -0.25) is 38.4 Å². The highest BCUT2D eigenvalue weighted by molar-refractivity contribution is 5.99. The number of hydrogen-bond acceptors (Lipinski definition) is 11. The van der Waals surface area contributed by atoms with Gasteiger partial charge in [0.15, 0.2) is 0 Å². The number of fused-ring (bicyclic) bond motifs is 2. The summed E-state index contributed by atoms with van der Waals surface area (Å²) < 4.78 is 1.58. The molecule has 21 nitrogen and oxygen atoms in total. The van der Waals surface area contributed by atoms with Gasteiger partial charge in [0.25, 0.3) is 0 Å². The van der Waals surface area contributed by atoms with E-state index in [1.807, 2.05) is 78.9 Å². The summed E-state index contributed by atoms with van der Waals surface area (Å²) in [5.41, 5.74) is 22.2. The molecule has 374 valence electrons. The molecule has 0 aliphatic carbocycles. The second-order valence-electron chi connectivity index (χ2n) is 18.3. The van der Waals surface area contributed by atoms with Gasteiger partial charge in [-0.15, -0.1) is 5.10 Å². The van der Waals surface area contributed by atoms with Crippen molar-refractivity contribution in [2.45, 2.75) is 108 Å². The molecule has 3 unspecified atom stereocenters. The van der Waals surface area contributed by atoms with Crippen LogP contribution in [0.15, 0.2) is 91.3 Å². The first-order valence-electron chi connectivity index (χ1n) is 23.8. The fourth-order valence-corrected chi connectivity index (χ4v) is 8.98. The topological polar surface area (TPSA) is 325 Å². The maximum atomic E-state index is 15.1. The van der Waals surface area contributed by atoms with E-state index in [9.17, 15) is 33.6 Å². The summed E-state index contributed by atoms with van der Waals surface area (Å²) >= 11 is 0. The van der Waals surface area contributed by atoms with Gasteiger partial charge in [0, 0.05) is 48.6 Å². The molecule has 0 bridgehead atoms. The lowest BCUT2D eigenvalue weighted by molar-refractivity contribution is -0.143. The number of nitrogens with zero attached hydrogens (tertiary/aromatic N) is 4. The van der Waals surface area contributed by atoms with Crippen molar-refractivity contribution in [2.75, 3.05) is 13.1 Å². The fraction of sp³-hybridized carbons (Fsp3) is 0.400. The molecule has 0 saturated carbocycles. The van der Waals surface area contributed by atoms with Crippen molar-refractivity contribution in [3.05, 3.63) is 96.8 Å². The molecule has 8 amide bonds. The largest absolute Gasteiger partial charge is 0.370 e. The lowest BCUT2D eigenvalue weighted by Gasteiger charge is -2.33. The third-order valence-electron chi connectivity index (χ3n) is 13.2. The van der Waals surface area contributed by atoms with Gasteiger partial charge in [0.1, 0.15) is 35.9 Å². The first kappa shape index (κ1) is 50.9. The summed E-state index contributed by atoms with van der Waals surface area (Å²) in [6.45, 7) is 3.56. The van der Waals surface area contributed by atoms with Crippen LogP contribution in [-0.4, -0.2) is 121 Å².